The molecule has 2 aliphatic heterocycles. The van der Waals surface area contributed by atoms with Crippen molar-refractivity contribution >= 4 is 28.9 Å². The molecule has 0 spiro atoms. The van der Waals surface area contributed by atoms with Gasteiger partial charge >= 0.3 is 0 Å². The van der Waals surface area contributed by atoms with Crippen LogP contribution in [0, 0.1) is 0 Å². The van der Waals surface area contributed by atoms with Gasteiger partial charge in [0.15, 0.2) is 0 Å². The minimum Gasteiger partial charge on any atom is -0.491 e. The van der Waals surface area contributed by atoms with E-state index in [1.54, 1.807) is 0 Å². The summed E-state index contributed by atoms with van der Waals surface area (Å²) in [6.45, 7) is 7.78. The van der Waals surface area contributed by atoms with E-state index in [2.05, 4.69) is 32.1 Å². The van der Waals surface area contributed by atoms with Crippen LogP contribution in [-0.2, 0) is 4.79 Å². The molecule has 0 aliphatic carbocycles. The first-order valence-corrected chi connectivity index (χ1v) is 11.5. The molecule has 7 heteroatoms. The Morgan fingerprint density at radius 3 is 2.29 bits per heavy atom. The van der Waals surface area contributed by atoms with E-state index in [1.165, 1.54) is 18.5 Å². The SMILES string of the molecule is O=C(CN1CCN(CCOc2ccccc2Cl)CC1)Nc1ccc(N2CCCC2)cc1. The molecule has 1 amide bonds. The van der Waals surface area contributed by atoms with E-state index in [0.29, 0.717) is 18.2 Å². The number of piperazine rings is 1. The monoisotopic (exact) mass is 442 g/mol. The largest absolute Gasteiger partial charge is 0.491 e. The molecule has 1 N–H and O–H groups in total. The summed E-state index contributed by atoms with van der Waals surface area (Å²) in [6.07, 6.45) is 2.53. The summed E-state index contributed by atoms with van der Waals surface area (Å²) >= 11 is 6.12. The average molecular weight is 443 g/mol. The van der Waals surface area contributed by atoms with Crippen LogP contribution >= 0.6 is 11.6 Å². The van der Waals surface area contributed by atoms with Gasteiger partial charge in [0.1, 0.15) is 12.4 Å². The molecule has 4 rings (SSSR count). The van der Waals surface area contributed by atoms with Crippen molar-refractivity contribution in [2.24, 2.45) is 0 Å². The van der Waals surface area contributed by atoms with Crippen LogP contribution in [0.1, 0.15) is 12.8 Å². The maximum atomic E-state index is 12.5. The average Bonchev–Trinajstić information content (AvgIpc) is 3.32. The van der Waals surface area contributed by atoms with Crippen molar-refractivity contribution in [3.05, 3.63) is 53.6 Å². The number of rotatable bonds is 8. The number of ether oxygens (including phenoxy) is 1. The Morgan fingerprint density at radius 1 is 0.903 bits per heavy atom. The Kier molecular flexibility index (Phi) is 7.67. The molecule has 2 aliphatic rings. The van der Waals surface area contributed by atoms with Gasteiger partial charge in [0.05, 0.1) is 11.6 Å². The molecule has 0 unspecified atom stereocenters. The number of amides is 1. The molecule has 2 fully saturated rings. The number of para-hydroxylation sites is 1. The molecule has 0 radical (unpaired) electrons. The van der Waals surface area contributed by atoms with Gasteiger partial charge in [-0.3, -0.25) is 14.6 Å². The second-order valence-electron chi connectivity index (χ2n) is 8.19. The molecule has 0 bridgehead atoms. The number of carbonyl (C=O) groups excluding carboxylic acids is 1. The van der Waals surface area contributed by atoms with Crippen LogP contribution in [0.25, 0.3) is 0 Å². The predicted molar refractivity (Wildman–Crippen MR) is 126 cm³/mol. The molecule has 0 saturated carbocycles. The maximum absolute atomic E-state index is 12.5. The summed E-state index contributed by atoms with van der Waals surface area (Å²) in [7, 11) is 0. The third-order valence-corrected chi connectivity index (χ3v) is 6.27. The molecule has 0 aromatic heterocycles. The van der Waals surface area contributed by atoms with Gasteiger partial charge in [0.2, 0.25) is 5.91 Å². The fraction of sp³-hybridized carbons (Fsp3) is 0.458. The number of anilines is 2. The first-order chi connectivity index (χ1) is 15.2. The van der Waals surface area contributed by atoms with E-state index >= 15 is 0 Å². The first-order valence-electron chi connectivity index (χ1n) is 11.1. The summed E-state index contributed by atoms with van der Waals surface area (Å²) in [5.74, 6) is 0.775. The molecule has 2 heterocycles. The zero-order chi connectivity index (χ0) is 21.5. The van der Waals surface area contributed by atoms with E-state index in [-0.39, 0.29) is 5.91 Å². The van der Waals surface area contributed by atoms with Crippen LogP contribution < -0.4 is 15.0 Å². The summed E-state index contributed by atoms with van der Waals surface area (Å²) in [6, 6.07) is 15.8. The van der Waals surface area contributed by atoms with Gasteiger partial charge in [-0.25, -0.2) is 0 Å². The molecule has 2 aromatic carbocycles. The van der Waals surface area contributed by atoms with Crippen LogP contribution in [0.4, 0.5) is 11.4 Å². The highest BCUT2D eigenvalue weighted by Gasteiger charge is 2.19. The second kappa shape index (κ2) is 10.8. The van der Waals surface area contributed by atoms with Crippen molar-refractivity contribution in [2.45, 2.75) is 12.8 Å². The normalized spacial score (nSPS) is 17.6. The van der Waals surface area contributed by atoms with Crippen molar-refractivity contribution in [3.63, 3.8) is 0 Å². The van der Waals surface area contributed by atoms with Crippen LogP contribution in [0.2, 0.25) is 5.02 Å². The van der Waals surface area contributed by atoms with Gasteiger partial charge in [0.25, 0.3) is 0 Å². The zero-order valence-electron chi connectivity index (χ0n) is 17.9. The predicted octanol–water partition coefficient (Wildman–Crippen LogP) is 3.58. The number of nitrogens with one attached hydrogen (secondary N) is 1. The molecule has 2 saturated heterocycles. The number of hydrogen-bond donors (Lipinski definition) is 1. The van der Waals surface area contributed by atoms with Crippen molar-refractivity contribution in [1.82, 2.24) is 9.80 Å². The van der Waals surface area contributed by atoms with Gasteiger partial charge in [-0.15, -0.1) is 0 Å². The van der Waals surface area contributed by atoms with Crippen molar-refractivity contribution in [3.8, 4) is 5.75 Å². The number of halogens is 1. The number of carbonyl (C=O) groups is 1. The Morgan fingerprint density at radius 2 is 1.58 bits per heavy atom. The van der Waals surface area contributed by atoms with Gasteiger partial charge < -0.3 is 15.0 Å². The Bertz CT molecular complexity index is 847. The smallest absolute Gasteiger partial charge is 0.238 e. The Balaban J connectivity index is 1.14. The minimum atomic E-state index is 0.0458. The quantitative estimate of drug-likeness (QED) is 0.677. The lowest BCUT2D eigenvalue weighted by atomic mass is 10.2. The second-order valence-corrected chi connectivity index (χ2v) is 8.59. The van der Waals surface area contributed by atoms with Crippen molar-refractivity contribution < 1.29 is 9.53 Å². The molecule has 2 aromatic rings. The minimum absolute atomic E-state index is 0.0458. The van der Waals surface area contributed by atoms with E-state index in [9.17, 15) is 4.79 Å². The van der Waals surface area contributed by atoms with E-state index in [1.807, 2.05) is 36.4 Å². The lowest BCUT2D eigenvalue weighted by molar-refractivity contribution is -0.117. The summed E-state index contributed by atoms with van der Waals surface area (Å²) in [5.41, 5.74) is 2.11. The standard InChI is InChI=1S/C24H31ClN4O2/c25-22-5-1-2-6-23(22)31-18-17-27-13-15-28(16-14-27)19-24(30)26-20-7-9-21(10-8-20)29-11-3-4-12-29/h1-2,5-10H,3-4,11-19H2,(H,26,30). The number of nitrogens with zero attached hydrogens (tertiary/aromatic N) is 3. The fourth-order valence-electron chi connectivity index (χ4n) is 4.15. The van der Waals surface area contributed by atoms with Crippen LogP contribution in [0.5, 0.6) is 5.75 Å². The van der Waals surface area contributed by atoms with E-state index < -0.39 is 0 Å². The highest BCUT2D eigenvalue weighted by Crippen LogP contribution is 2.23. The van der Waals surface area contributed by atoms with Crippen molar-refractivity contribution in [1.29, 1.82) is 0 Å². The number of hydrogen-bond acceptors (Lipinski definition) is 5. The highest BCUT2D eigenvalue weighted by molar-refractivity contribution is 6.32. The summed E-state index contributed by atoms with van der Waals surface area (Å²) < 4.78 is 5.78. The topological polar surface area (TPSA) is 48.1 Å². The van der Waals surface area contributed by atoms with Gasteiger partial charge in [-0.1, -0.05) is 23.7 Å². The van der Waals surface area contributed by atoms with Gasteiger partial charge in [0, 0.05) is 57.2 Å². The van der Waals surface area contributed by atoms with Gasteiger partial charge in [-0.2, -0.15) is 0 Å². The first kappa shape index (κ1) is 21.9. The summed E-state index contributed by atoms with van der Waals surface area (Å²) in [4.78, 5) is 19.4. The molecule has 6 nitrogen and oxygen atoms in total. The highest BCUT2D eigenvalue weighted by atomic mass is 35.5. The molecular formula is C24H31ClN4O2. The molecule has 0 atom stereocenters. The third kappa shape index (κ3) is 6.35. The Labute approximate surface area is 189 Å². The lowest BCUT2D eigenvalue weighted by Crippen LogP contribution is -2.49. The van der Waals surface area contributed by atoms with Crippen LogP contribution in [-0.4, -0.2) is 74.7 Å². The van der Waals surface area contributed by atoms with E-state index in [0.717, 1.165) is 57.3 Å². The molecular weight excluding hydrogens is 412 g/mol. The third-order valence-electron chi connectivity index (χ3n) is 5.96. The maximum Gasteiger partial charge on any atom is 0.238 e. The molecule has 166 valence electrons. The van der Waals surface area contributed by atoms with Crippen LogP contribution in [0.15, 0.2) is 48.5 Å². The number of benzene rings is 2. The lowest BCUT2D eigenvalue weighted by Gasteiger charge is -2.34. The summed E-state index contributed by atoms with van der Waals surface area (Å²) in [5, 5.41) is 3.67. The van der Waals surface area contributed by atoms with Gasteiger partial charge in [-0.05, 0) is 49.2 Å². The fourth-order valence-corrected chi connectivity index (χ4v) is 4.34. The zero-order valence-corrected chi connectivity index (χ0v) is 18.7. The van der Waals surface area contributed by atoms with E-state index in [4.69, 9.17) is 16.3 Å². The Hall–Kier alpha value is -2.28. The molecule has 31 heavy (non-hydrogen) atoms. The van der Waals surface area contributed by atoms with Crippen LogP contribution in [0.3, 0.4) is 0 Å². The van der Waals surface area contributed by atoms with Crippen molar-refractivity contribution in [2.75, 3.05) is 69.2 Å².